The van der Waals surface area contributed by atoms with E-state index in [0.717, 1.165) is 28.9 Å². The van der Waals surface area contributed by atoms with E-state index in [1.54, 1.807) is 11.3 Å². The maximum Gasteiger partial charge on any atom is 0.0697 e. The molecule has 2 aliphatic carbocycles. The molecule has 1 aromatic heterocycles. The molecule has 2 saturated carbocycles. The van der Waals surface area contributed by atoms with Crippen LogP contribution >= 0.6 is 11.3 Å². The number of aliphatic hydroxyl groups is 2. The molecule has 0 aliphatic heterocycles. The molecule has 3 aromatic rings. The zero-order valence-corrected chi connectivity index (χ0v) is 25.8. The van der Waals surface area contributed by atoms with Crippen molar-refractivity contribution >= 4 is 21.6 Å². The van der Waals surface area contributed by atoms with E-state index in [4.69, 9.17) is 0 Å². The molecule has 2 aromatic carbocycles. The van der Waals surface area contributed by atoms with Crippen molar-refractivity contribution in [3.05, 3.63) is 54.1 Å². The van der Waals surface area contributed by atoms with Crippen molar-refractivity contribution in [1.82, 2.24) is 4.98 Å². The minimum atomic E-state index is -0.357. The summed E-state index contributed by atoms with van der Waals surface area (Å²) in [6.07, 6.45) is 4.99. The van der Waals surface area contributed by atoms with Gasteiger partial charge < -0.3 is 10.2 Å². The normalized spacial score (nSPS) is 26.8. The quantitative estimate of drug-likeness (QED) is 0.271. The van der Waals surface area contributed by atoms with Crippen molar-refractivity contribution in [2.75, 3.05) is 0 Å². The number of aliphatic hydroxyl groups excluding tert-OH is 2. The summed E-state index contributed by atoms with van der Waals surface area (Å²) in [5.74, 6) is 1.14. The second-order valence-electron chi connectivity index (χ2n) is 12.3. The van der Waals surface area contributed by atoms with Gasteiger partial charge >= 0.3 is 0 Å². The zero-order valence-electron chi connectivity index (χ0n) is 22.5. The third-order valence-corrected chi connectivity index (χ3v) is 9.52. The number of fused-ring (bicyclic) bond motifs is 2. The molecule has 2 aliphatic rings. The Balaban J connectivity index is 0.000000196. The summed E-state index contributed by atoms with van der Waals surface area (Å²) < 4.78 is 1.23. The van der Waals surface area contributed by atoms with Gasteiger partial charge in [-0.2, -0.15) is 11.3 Å². The SMILES string of the molecule is CC(C)c1cc[c-]c(-c2nc3ccccc3s2)c1.CC1(C)CCCC2CCC(C)(C)C(O)C2C1O.[Ir]. The largest absolute Gasteiger partial charge is 0.392 e. The molecule has 4 unspecified atom stereocenters. The van der Waals surface area contributed by atoms with Crippen molar-refractivity contribution < 1.29 is 30.3 Å². The second-order valence-corrected chi connectivity index (χ2v) is 13.3. The molecule has 36 heavy (non-hydrogen) atoms. The maximum atomic E-state index is 10.7. The third-order valence-electron chi connectivity index (χ3n) is 8.45. The fourth-order valence-corrected chi connectivity index (χ4v) is 6.83. The van der Waals surface area contributed by atoms with Gasteiger partial charge in [0, 0.05) is 35.7 Å². The number of thiazole rings is 1. The van der Waals surface area contributed by atoms with Crippen LogP contribution in [-0.2, 0) is 20.1 Å². The molecule has 1 heterocycles. The smallest absolute Gasteiger partial charge is 0.0697 e. The molecule has 0 spiro atoms. The first-order valence-corrected chi connectivity index (χ1v) is 14.0. The van der Waals surface area contributed by atoms with Gasteiger partial charge in [0.25, 0.3) is 0 Å². The molecule has 0 amide bonds. The third kappa shape index (κ3) is 6.30. The van der Waals surface area contributed by atoms with Crippen LogP contribution in [0.25, 0.3) is 20.8 Å². The van der Waals surface area contributed by atoms with Gasteiger partial charge in [0.1, 0.15) is 0 Å². The Morgan fingerprint density at radius 2 is 1.64 bits per heavy atom. The van der Waals surface area contributed by atoms with Crippen molar-refractivity contribution in [1.29, 1.82) is 0 Å². The summed E-state index contributed by atoms with van der Waals surface area (Å²) in [4.78, 5) is 4.67. The van der Waals surface area contributed by atoms with E-state index in [9.17, 15) is 10.2 Å². The van der Waals surface area contributed by atoms with Crippen LogP contribution in [0.4, 0.5) is 0 Å². The average molecular weight is 685 g/mol. The molecule has 3 nitrogen and oxygen atoms in total. The number of rotatable bonds is 2. The van der Waals surface area contributed by atoms with Gasteiger partial charge in [0.05, 0.1) is 17.7 Å². The molecule has 5 heteroatoms. The van der Waals surface area contributed by atoms with Gasteiger partial charge in [0.2, 0.25) is 0 Å². The van der Waals surface area contributed by atoms with E-state index in [-0.39, 0.29) is 49.1 Å². The van der Waals surface area contributed by atoms with Gasteiger partial charge in [-0.15, -0.1) is 35.4 Å². The van der Waals surface area contributed by atoms with Crippen LogP contribution in [0.5, 0.6) is 0 Å². The Kier molecular flexibility index (Phi) is 9.61. The topological polar surface area (TPSA) is 53.4 Å². The van der Waals surface area contributed by atoms with Crippen LogP contribution in [-0.4, -0.2) is 27.4 Å². The van der Waals surface area contributed by atoms with Crippen LogP contribution in [0, 0.1) is 28.7 Å². The van der Waals surface area contributed by atoms with Crippen molar-refractivity contribution in [2.45, 2.75) is 91.8 Å². The number of nitrogens with zero attached hydrogens (tertiary/aromatic N) is 1. The first-order valence-electron chi connectivity index (χ1n) is 13.2. The maximum absolute atomic E-state index is 10.7. The molecule has 4 atom stereocenters. The summed E-state index contributed by atoms with van der Waals surface area (Å²) in [5, 5.41) is 22.3. The molecule has 2 N–H and O–H groups in total. The number of hydrogen-bond donors (Lipinski definition) is 2. The first kappa shape index (κ1) is 29.5. The molecule has 0 bridgehead atoms. The van der Waals surface area contributed by atoms with Crippen molar-refractivity contribution in [3.63, 3.8) is 0 Å². The number of benzene rings is 2. The number of para-hydroxylation sites is 1. The Hall–Kier alpha value is -1.10. The minimum absolute atomic E-state index is 0. The number of hydrogen-bond acceptors (Lipinski definition) is 4. The van der Waals surface area contributed by atoms with E-state index in [1.165, 1.54) is 29.5 Å². The Morgan fingerprint density at radius 1 is 0.972 bits per heavy atom. The van der Waals surface area contributed by atoms with Crippen molar-refractivity contribution in [2.24, 2.45) is 22.7 Å². The summed E-state index contributed by atoms with van der Waals surface area (Å²) in [5.41, 5.74) is 3.42. The van der Waals surface area contributed by atoms with Crippen LogP contribution in [0.3, 0.4) is 0 Å². The van der Waals surface area contributed by atoms with E-state index >= 15 is 0 Å². The van der Waals surface area contributed by atoms with Gasteiger partial charge in [-0.3, -0.25) is 4.98 Å². The zero-order chi connectivity index (χ0) is 25.4. The van der Waals surface area contributed by atoms with Crippen LogP contribution < -0.4 is 0 Å². The monoisotopic (exact) mass is 685 g/mol. The second kappa shape index (κ2) is 11.7. The van der Waals surface area contributed by atoms with E-state index in [1.807, 2.05) is 12.1 Å². The molecular formula is C31H42IrNO2S-. The van der Waals surface area contributed by atoms with Crippen LogP contribution in [0.15, 0.2) is 42.5 Å². The Labute approximate surface area is 235 Å². The van der Waals surface area contributed by atoms with Crippen molar-refractivity contribution in [3.8, 4) is 10.6 Å². The van der Waals surface area contributed by atoms with Gasteiger partial charge in [-0.1, -0.05) is 60.1 Å². The summed E-state index contributed by atoms with van der Waals surface area (Å²) in [7, 11) is 0. The fraction of sp³-hybridized carbons (Fsp3) is 0.581. The minimum Gasteiger partial charge on any atom is -0.392 e. The van der Waals surface area contributed by atoms with Crippen LogP contribution in [0.2, 0.25) is 0 Å². The molecule has 5 rings (SSSR count). The molecule has 199 valence electrons. The van der Waals surface area contributed by atoms with Crippen LogP contribution in [0.1, 0.15) is 85.1 Å². The molecule has 1 radical (unpaired) electrons. The van der Waals surface area contributed by atoms with E-state index in [2.05, 4.69) is 82.9 Å². The van der Waals surface area contributed by atoms with E-state index in [0.29, 0.717) is 11.8 Å². The summed E-state index contributed by atoms with van der Waals surface area (Å²) in [6.45, 7) is 13.0. The van der Waals surface area contributed by atoms with E-state index < -0.39 is 0 Å². The average Bonchev–Trinajstić information content (AvgIpc) is 3.21. The summed E-state index contributed by atoms with van der Waals surface area (Å²) in [6, 6.07) is 17.9. The van der Waals surface area contributed by atoms with Gasteiger partial charge in [0.15, 0.2) is 0 Å². The fourth-order valence-electron chi connectivity index (χ4n) is 5.89. The standard InChI is InChI=1S/C16H14NS.C15H28O2.Ir/c1-11(2)12-6-5-7-13(10-12)16-17-14-8-3-4-9-15(14)18-16;1-14(2)8-5-6-10-7-9-15(3,4)13(17)11(10)12(14)16;/h3-6,8-11H,1-2H3;10-13,16-17H,5-9H2,1-4H3;/q-1;;. The molecular weight excluding hydrogens is 643 g/mol. The predicted octanol–water partition coefficient (Wildman–Crippen LogP) is 7.86. The van der Waals surface area contributed by atoms with Gasteiger partial charge in [-0.05, 0) is 60.5 Å². The predicted molar refractivity (Wildman–Crippen MR) is 148 cm³/mol. The number of aromatic nitrogens is 1. The summed E-state index contributed by atoms with van der Waals surface area (Å²) >= 11 is 1.73. The Bertz CT molecular complexity index is 1110. The Morgan fingerprint density at radius 3 is 2.31 bits per heavy atom. The first-order chi connectivity index (χ1) is 16.5. The van der Waals surface area contributed by atoms with Gasteiger partial charge in [-0.25, -0.2) is 0 Å². The molecule has 2 fully saturated rings. The molecule has 0 saturated heterocycles.